The smallest absolute Gasteiger partial charge is 0.181 e. The number of nitrogens with zero attached hydrogens (tertiary/aromatic N) is 3. The van der Waals surface area contributed by atoms with Crippen LogP contribution >= 0.6 is 0 Å². The molecule has 17 heavy (non-hydrogen) atoms. The third kappa shape index (κ3) is 1.54. The summed E-state index contributed by atoms with van der Waals surface area (Å²) >= 11 is 0. The molecule has 0 unspecified atom stereocenters. The molecule has 0 aliphatic carbocycles. The van der Waals surface area contributed by atoms with Crippen LogP contribution in [0.4, 0.5) is 0 Å². The Labute approximate surface area is 97.2 Å². The molecule has 0 saturated heterocycles. The molecular formula is C13H7N3O. The van der Waals surface area contributed by atoms with Crippen molar-refractivity contribution >= 4 is 11.1 Å². The number of rotatable bonds is 1. The minimum absolute atomic E-state index is 0.548. The number of aromatic nitrogens is 2. The molecule has 0 amide bonds. The lowest BCUT2D eigenvalue weighted by Crippen LogP contribution is -1.85. The number of nitriles is 1. The molecule has 0 radical (unpaired) electrons. The Bertz CT molecular complexity index is 725. The molecule has 1 aromatic carbocycles. The lowest BCUT2D eigenvalue weighted by atomic mass is 10.0. The number of hydrogen-bond donors (Lipinski definition) is 0. The van der Waals surface area contributed by atoms with E-state index >= 15 is 0 Å². The van der Waals surface area contributed by atoms with Crippen molar-refractivity contribution in [1.29, 1.82) is 5.26 Å². The van der Waals surface area contributed by atoms with Crippen LogP contribution in [0.15, 0.2) is 47.5 Å². The van der Waals surface area contributed by atoms with Crippen LogP contribution in [-0.2, 0) is 0 Å². The largest absolute Gasteiger partial charge is 0.443 e. The molecule has 3 aromatic rings. The van der Waals surface area contributed by atoms with Crippen molar-refractivity contribution in [1.82, 2.24) is 9.97 Å². The number of benzene rings is 1. The molecule has 4 heteroatoms. The number of fused-ring (bicyclic) bond motifs is 1. The first-order valence-corrected chi connectivity index (χ1v) is 5.06. The fourth-order valence-corrected chi connectivity index (χ4v) is 1.76. The van der Waals surface area contributed by atoms with Crippen molar-refractivity contribution in [3.05, 3.63) is 48.6 Å². The molecule has 4 nitrogen and oxygen atoms in total. The van der Waals surface area contributed by atoms with Crippen LogP contribution in [0.2, 0.25) is 0 Å². The third-order valence-corrected chi connectivity index (χ3v) is 2.58. The lowest BCUT2D eigenvalue weighted by molar-refractivity contribution is 0.602. The highest BCUT2D eigenvalue weighted by atomic mass is 16.3. The van der Waals surface area contributed by atoms with Crippen molar-refractivity contribution in [3.63, 3.8) is 0 Å². The lowest BCUT2D eigenvalue weighted by Gasteiger charge is -2.02. The van der Waals surface area contributed by atoms with Gasteiger partial charge in [0.05, 0.1) is 5.56 Å². The van der Waals surface area contributed by atoms with Crippen LogP contribution in [0.3, 0.4) is 0 Å². The molecule has 2 aromatic heterocycles. The van der Waals surface area contributed by atoms with Gasteiger partial charge >= 0.3 is 0 Å². The van der Waals surface area contributed by atoms with Gasteiger partial charge in [0, 0.05) is 18.0 Å². The van der Waals surface area contributed by atoms with Gasteiger partial charge in [0.1, 0.15) is 11.6 Å². The van der Waals surface area contributed by atoms with Gasteiger partial charge in [-0.1, -0.05) is 6.07 Å². The molecule has 0 fully saturated rings. The van der Waals surface area contributed by atoms with Crippen molar-refractivity contribution < 1.29 is 4.42 Å². The maximum absolute atomic E-state index is 9.03. The highest BCUT2D eigenvalue weighted by Crippen LogP contribution is 2.25. The quantitative estimate of drug-likeness (QED) is 0.633. The molecule has 0 aliphatic rings. The first kappa shape index (κ1) is 9.55. The molecule has 0 saturated carbocycles. The Morgan fingerprint density at radius 3 is 3.06 bits per heavy atom. The highest BCUT2D eigenvalue weighted by molar-refractivity contribution is 5.81. The molecule has 80 valence electrons. The normalized spacial score (nSPS) is 10.3. The molecule has 3 rings (SSSR count). The Hall–Kier alpha value is -2.67. The minimum Gasteiger partial charge on any atom is -0.443 e. The maximum atomic E-state index is 9.03. The Morgan fingerprint density at radius 1 is 1.24 bits per heavy atom. The third-order valence-electron chi connectivity index (χ3n) is 2.58. The van der Waals surface area contributed by atoms with Gasteiger partial charge in [-0.3, -0.25) is 4.98 Å². The van der Waals surface area contributed by atoms with E-state index in [2.05, 4.69) is 16.0 Å². The monoisotopic (exact) mass is 221 g/mol. The zero-order valence-corrected chi connectivity index (χ0v) is 8.79. The van der Waals surface area contributed by atoms with Crippen LogP contribution in [0.5, 0.6) is 0 Å². The van der Waals surface area contributed by atoms with Gasteiger partial charge in [0.25, 0.3) is 0 Å². The molecule has 0 aliphatic heterocycles. The van der Waals surface area contributed by atoms with E-state index in [1.165, 1.54) is 6.39 Å². The van der Waals surface area contributed by atoms with Crippen LogP contribution in [0, 0.1) is 11.3 Å². The van der Waals surface area contributed by atoms with Crippen molar-refractivity contribution in [2.24, 2.45) is 0 Å². The van der Waals surface area contributed by atoms with Gasteiger partial charge in [-0.05, 0) is 23.8 Å². The van der Waals surface area contributed by atoms with Gasteiger partial charge in [0.2, 0.25) is 0 Å². The summed E-state index contributed by atoms with van der Waals surface area (Å²) in [7, 11) is 0. The van der Waals surface area contributed by atoms with E-state index in [-0.39, 0.29) is 0 Å². The second kappa shape index (κ2) is 3.72. The van der Waals surface area contributed by atoms with Crippen LogP contribution in [-0.4, -0.2) is 9.97 Å². The second-order valence-electron chi connectivity index (χ2n) is 3.57. The summed E-state index contributed by atoms with van der Waals surface area (Å²) in [5.41, 5.74) is 3.84. The van der Waals surface area contributed by atoms with Gasteiger partial charge in [-0.25, -0.2) is 4.98 Å². The van der Waals surface area contributed by atoms with Crippen LogP contribution in [0.25, 0.3) is 22.2 Å². The Balaban J connectivity index is 2.23. The summed E-state index contributed by atoms with van der Waals surface area (Å²) in [4.78, 5) is 7.99. The number of hydrogen-bond acceptors (Lipinski definition) is 4. The molecule has 2 heterocycles. The standard InChI is InChI=1S/C13H7N3O/c14-6-10-7-15-4-3-11(10)9-1-2-12-13(5-9)17-8-16-12/h1-5,7-8H. The Morgan fingerprint density at radius 2 is 2.18 bits per heavy atom. The average molecular weight is 221 g/mol. The minimum atomic E-state index is 0.548. The van der Waals surface area contributed by atoms with E-state index in [4.69, 9.17) is 9.68 Å². The predicted molar refractivity (Wildman–Crippen MR) is 62.0 cm³/mol. The second-order valence-corrected chi connectivity index (χ2v) is 3.57. The van der Waals surface area contributed by atoms with E-state index in [1.807, 2.05) is 24.3 Å². The van der Waals surface area contributed by atoms with Crippen LogP contribution in [0.1, 0.15) is 5.56 Å². The predicted octanol–water partition coefficient (Wildman–Crippen LogP) is 2.76. The summed E-state index contributed by atoms with van der Waals surface area (Å²) < 4.78 is 5.24. The number of pyridine rings is 1. The zero-order chi connectivity index (χ0) is 11.7. The summed E-state index contributed by atoms with van der Waals surface area (Å²) in [5.74, 6) is 0. The average Bonchev–Trinajstić information content (AvgIpc) is 2.85. The van der Waals surface area contributed by atoms with Gasteiger partial charge in [-0.15, -0.1) is 0 Å². The van der Waals surface area contributed by atoms with Crippen molar-refractivity contribution in [2.45, 2.75) is 0 Å². The van der Waals surface area contributed by atoms with E-state index in [0.717, 1.165) is 16.6 Å². The molecule has 0 spiro atoms. The Kier molecular flexibility index (Phi) is 2.09. The fourth-order valence-electron chi connectivity index (χ4n) is 1.76. The van der Waals surface area contributed by atoms with Gasteiger partial charge < -0.3 is 4.42 Å². The summed E-state index contributed by atoms with van der Waals surface area (Å²) in [6, 6.07) is 9.60. The zero-order valence-electron chi connectivity index (χ0n) is 8.79. The maximum Gasteiger partial charge on any atom is 0.181 e. The molecule has 0 bridgehead atoms. The fraction of sp³-hybridized carbons (Fsp3) is 0. The first-order chi connectivity index (χ1) is 8.38. The molecule has 0 atom stereocenters. The van der Waals surface area contributed by atoms with E-state index in [9.17, 15) is 0 Å². The number of oxazole rings is 1. The molecule has 0 N–H and O–H groups in total. The highest BCUT2D eigenvalue weighted by Gasteiger charge is 2.06. The summed E-state index contributed by atoms with van der Waals surface area (Å²) in [5, 5.41) is 9.03. The SMILES string of the molecule is N#Cc1cnccc1-c1ccc2ncoc2c1. The van der Waals surface area contributed by atoms with Crippen molar-refractivity contribution in [2.75, 3.05) is 0 Å². The van der Waals surface area contributed by atoms with E-state index in [0.29, 0.717) is 11.1 Å². The topological polar surface area (TPSA) is 62.7 Å². The summed E-state index contributed by atoms with van der Waals surface area (Å²) in [6.45, 7) is 0. The molecular weight excluding hydrogens is 214 g/mol. The van der Waals surface area contributed by atoms with E-state index < -0.39 is 0 Å². The van der Waals surface area contributed by atoms with Gasteiger partial charge in [-0.2, -0.15) is 5.26 Å². The van der Waals surface area contributed by atoms with Crippen LogP contribution < -0.4 is 0 Å². The van der Waals surface area contributed by atoms with Gasteiger partial charge in [0.15, 0.2) is 12.0 Å². The van der Waals surface area contributed by atoms with E-state index in [1.54, 1.807) is 12.4 Å². The first-order valence-electron chi connectivity index (χ1n) is 5.06. The summed E-state index contributed by atoms with van der Waals surface area (Å²) in [6.07, 6.45) is 4.63. The van der Waals surface area contributed by atoms with Crippen molar-refractivity contribution in [3.8, 4) is 17.2 Å².